The fourth-order valence-corrected chi connectivity index (χ4v) is 4.27. The third-order valence-corrected chi connectivity index (χ3v) is 6.23. The third kappa shape index (κ3) is 3.95. The van der Waals surface area contributed by atoms with Crippen LogP contribution in [0.1, 0.15) is 63.6 Å². The molecule has 3 nitrogen and oxygen atoms in total. The van der Waals surface area contributed by atoms with Crippen molar-refractivity contribution in [3.8, 4) is 0 Å². The van der Waals surface area contributed by atoms with Crippen LogP contribution in [0.15, 0.2) is 60.8 Å². The van der Waals surface area contributed by atoms with E-state index in [1.54, 1.807) is 0 Å². The first-order valence-electron chi connectivity index (χ1n) is 10.0. The monoisotopic (exact) mass is 363 g/mol. The number of hydrogen-bond donors (Lipinski definition) is 3. The molecule has 2 aromatic carbocycles. The molecule has 1 aliphatic carbocycles. The zero-order chi connectivity index (χ0) is 19.5. The Labute approximate surface area is 163 Å². The highest BCUT2D eigenvalue weighted by molar-refractivity contribution is 5.83. The number of aromatic nitrogens is 1. The van der Waals surface area contributed by atoms with Gasteiger partial charge in [0.2, 0.25) is 0 Å². The second-order valence-electron chi connectivity index (χ2n) is 8.51. The molecule has 3 heteroatoms. The predicted octanol–water partition coefficient (Wildman–Crippen LogP) is 5.63. The number of H-pyrrole nitrogens is 1. The summed E-state index contributed by atoms with van der Waals surface area (Å²) in [5.74, 6) is 0. The van der Waals surface area contributed by atoms with E-state index in [4.69, 9.17) is 11.5 Å². The Morgan fingerprint density at radius 2 is 1.56 bits per heavy atom. The van der Waals surface area contributed by atoms with Crippen LogP contribution >= 0.6 is 0 Å². The van der Waals surface area contributed by atoms with E-state index in [-0.39, 0.29) is 17.0 Å². The standard InChI is InChI=1S/C14H21N.C10H12N2/c1-13(2)10-6-7-11-14(13,15)12-8-4-3-5-9-12;1-7(11)9-6-12-10-5-3-2-4-8(9)10/h3-5,8-9H,6-7,10-11,15H2,1-2H3;2-7,12H,11H2,1H3. The van der Waals surface area contributed by atoms with E-state index < -0.39 is 0 Å². The number of rotatable bonds is 2. The number of fused-ring (bicyclic) bond motifs is 1. The molecular formula is C24H33N3. The molecule has 0 saturated heterocycles. The van der Waals surface area contributed by atoms with E-state index in [1.165, 1.54) is 35.8 Å². The minimum atomic E-state index is -0.132. The molecule has 3 aromatic rings. The van der Waals surface area contributed by atoms with Gasteiger partial charge in [0, 0.05) is 28.7 Å². The molecule has 0 aliphatic heterocycles. The lowest BCUT2D eigenvalue weighted by Crippen LogP contribution is -2.51. The highest BCUT2D eigenvalue weighted by Gasteiger charge is 2.44. The molecule has 4 rings (SSSR count). The van der Waals surface area contributed by atoms with Crippen LogP contribution in [0, 0.1) is 5.41 Å². The molecule has 144 valence electrons. The van der Waals surface area contributed by atoms with Crippen LogP contribution in [-0.4, -0.2) is 4.98 Å². The van der Waals surface area contributed by atoms with Crippen molar-refractivity contribution >= 4 is 10.9 Å². The Hall–Kier alpha value is -2.10. The maximum absolute atomic E-state index is 6.66. The van der Waals surface area contributed by atoms with Gasteiger partial charge in [-0.15, -0.1) is 0 Å². The van der Waals surface area contributed by atoms with Crippen LogP contribution in [0.5, 0.6) is 0 Å². The van der Waals surface area contributed by atoms with Gasteiger partial charge in [0.1, 0.15) is 0 Å². The number of nitrogens with two attached hydrogens (primary N) is 2. The van der Waals surface area contributed by atoms with Crippen LogP contribution in [-0.2, 0) is 5.54 Å². The lowest BCUT2D eigenvalue weighted by Gasteiger charge is -2.48. The lowest BCUT2D eigenvalue weighted by atomic mass is 9.61. The lowest BCUT2D eigenvalue weighted by molar-refractivity contribution is 0.0978. The molecule has 0 radical (unpaired) electrons. The number of aromatic amines is 1. The summed E-state index contributed by atoms with van der Waals surface area (Å²) in [6.07, 6.45) is 6.91. The van der Waals surface area contributed by atoms with Gasteiger partial charge in [0.15, 0.2) is 0 Å². The minimum Gasteiger partial charge on any atom is -0.361 e. The van der Waals surface area contributed by atoms with Crippen molar-refractivity contribution in [3.05, 3.63) is 71.9 Å². The molecule has 1 fully saturated rings. The van der Waals surface area contributed by atoms with E-state index in [9.17, 15) is 0 Å². The summed E-state index contributed by atoms with van der Waals surface area (Å²) in [7, 11) is 0. The van der Waals surface area contributed by atoms with Crippen molar-refractivity contribution in [2.45, 2.75) is 58.0 Å². The Morgan fingerprint density at radius 3 is 2.22 bits per heavy atom. The molecular weight excluding hydrogens is 330 g/mol. The van der Waals surface area contributed by atoms with Crippen molar-refractivity contribution < 1.29 is 0 Å². The van der Waals surface area contributed by atoms with Gasteiger partial charge in [-0.3, -0.25) is 0 Å². The Balaban J connectivity index is 0.000000159. The highest BCUT2D eigenvalue weighted by atomic mass is 14.8. The maximum Gasteiger partial charge on any atom is 0.0461 e. The highest BCUT2D eigenvalue weighted by Crippen LogP contribution is 2.48. The summed E-state index contributed by atoms with van der Waals surface area (Å²) in [5, 5.41) is 1.23. The Morgan fingerprint density at radius 1 is 0.926 bits per heavy atom. The van der Waals surface area contributed by atoms with E-state index in [2.05, 4.69) is 61.3 Å². The molecule has 2 atom stereocenters. The molecule has 1 aliphatic rings. The van der Waals surface area contributed by atoms with Gasteiger partial charge in [0.05, 0.1) is 0 Å². The number of benzene rings is 2. The van der Waals surface area contributed by atoms with Gasteiger partial charge in [-0.2, -0.15) is 0 Å². The van der Waals surface area contributed by atoms with E-state index in [0.29, 0.717) is 0 Å². The second-order valence-corrected chi connectivity index (χ2v) is 8.51. The molecule has 1 aromatic heterocycles. The van der Waals surface area contributed by atoms with Crippen LogP contribution < -0.4 is 11.5 Å². The van der Waals surface area contributed by atoms with Gasteiger partial charge in [-0.25, -0.2) is 0 Å². The Kier molecular flexibility index (Phi) is 5.73. The van der Waals surface area contributed by atoms with Gasteiger partial charge >= 0.3 is 0 Å². The number of hydrogen-bond acceptors (Lipinski definition) is 2. The molecule has 5 N–H and O–H groups in total. The largest absolute Gasteiger partial charge is 0.361 e. The minimum absolute atomic E-state index is 0.0983. The first-order valence-corrected chi connectivity index (χ1v) is 10.0. The summed E-state index contributed by atoms with van der Waals surface area (Å²) >= 11 is 0. The summed E-state index contributed by atoms with van der Waals surface area (Å²) in [6.45, 7) is 6.61. The fraction of sp³-hybridized carbons (Fsp3) is 0.417. The van der Waals surface area contributed by atoms with Crippen molar-refractivity contribution in [3.63, 3.8) is 0 Å². The molecule has 0 bridgehead atoms. The Bertz CT molecular complexity index is 863. The van der Waals surface area contributed by atoms with Gasteiger partial charge in [0.25, 0.3) is 0 Å². The van der Waals surface area contributed by atoms with Gasteiger partial charge in [-0.1, -0.05) is 75.2 Å². The first-order chi connectivity index (χ1) is 12.8. The SMILES string of the molecule is CC(N)c1c[nH]c2ccccc12.CC1(C)CCCCC1(N)c1ccccc1. The predicted molar refractivity (Wildman–Crippen MR) is 115 cm³/mol. The molecule has 27 heavy (non-hydrogen) atoms. The summed E-state index contributed by atoms with van der Waals surface area (Å²) in [5.41, 5.74) is 16.2. The fourth-order valence-electron chi connectivity index (χ4n) is 4.27. The topological polar surface area (TPSA) is 67.8 Å². The normalized spacial score (nSPS) is 22.7. The van der Waals surface area contributed by atoms with Gasteiger partial charge < -0.3 is 16.5 Å². The molecule has 1 saturated carbocycles. The molecule has 1 heterocycles. The number of nitrogens with one attached hydrogen (secondary N) is 1. The van der Waals surface area contributed by atoms with Crippen LogP contribution in [0.4, 0.5) is 0 Å². The van der Waals surface area contributed by atoms with Crippen molar-refractivity contribution in [2.75, 3.05) is 0 Å². The van der Waals surface area contributed by atoms with E-state index >= 15 is 0 Å². The van der Waals surface area contributed by atoms with E-state index in [0.717, 1.165) is 11.9 Å². The number of para-hydroxylation sites is 1. The van der Waals surface area contributed by atoms with Crippen LogP contribution in [0.2, 0.25) is 0 Å². The summed E-state index contributed by atoms with van der Waals surface area (Å²) in [6, 6.07) is 18.9. The summed E-state index contributed by atoms with van der Waals surface area (Å²) in [4.78, 5) is 3.19. The second kappa shape index (κ2) is 7.87. The smallest absolute Gasteiger partial charge is 0.0461 e. The molecule has 2 unspecified atom stereocenters. The first kappa shape index (κ1) is 19.7. The zero-order valence-electron chi connectivity index (χ0n) is 16.8. The summed E-state index contributed by atoms with van der Waals surface area (Å²) < 4.78 is 0. The average Bonchev–Trinajstić information content (AvgIpc) is 3.10. The van der Waals surface area contributed by atoms with Crippen molar-refractivity contribution in [1.82, 2.24) is 4.98 Å². The third-order valence-electron chi connectivity index (χ3n) is 6.23. The van der Waals surface area contributed by atoms with E-state index in [1.807, 2.05) is 25.3 Å². The van der Waals surface area contributed by atoms with Crippen molar-refractivity contribution in [1.29, 1.82) is 0 Å². The quantitative estimate of drug-likeness (QED) is 0.552. The average molecular weight is 364 g/mol. The molecule has 0 amide bonds. The van der Waals surface area contributed by atoms with Crippen molar-refractivity contribution in [2.24, 2.45) is 16.9 Å². The zero-order valence-corrected chi connectivity index (χ0v) is 16.8. The molecule has 0 spiro atoms. The van der Waals surface area contributed by atoms with Gasteiger partial charge in [-0.05, 0) is 42.4 Å². The van der Waals surface area contributed by atoms with Crippen LogP contribution in [0.25, 0.3) is 10.9 Å². The van der Waals surface area contributed by atoms with Crippen LogP contribution in [0.3, 0.4) is 0 Å². The maximum atomic E-state index is 6.66.